The highest BCUT2D eigenvalue weighted by Gasteiger charge is 2.21. The third-order valence-corrected chi connectivity index (χ3v) is 5.98. The molecule has 1 N–H and O–H groups in total. The molecular formula is C21H23N3O5S. The van der Waals surface area contributed by atoms with E-state index < -0.39 is 0 Å². The van der Waals surface area contributed by atoms with Gasteiger partial charge in [0.05, 0.1) is 30.2 Å². The molecule has 0 radical (unpaired) electrons. The second-order valence-corrected chi connectivity index (χ2v) is 7.69. The van der Waals surface area contributed by atoms with Gasteiger partial charge in [0.2, 0.25) is 0 Å². The number of fused-ring (bicyclic) bond motifs is 1. The molecule has 0 fully saturated rings. The summed E-state index contributed by atoms with van der Waals surface area (Å²) in [5.74, 6) is 0.438. The first-order chi connectivity index (χ1) is 14.4. The molecule has 1 amide bonds. The fraction of sp³-hybridized carbons (Fsp3) is 0.333. The molecule has 9 heteroatoms. The van der Waals surface area contributed by atoms with Gasteiger partial charge in [0.25, 0.3) is 11.5 Å². The number of nitrogens with one attached hydrogen (secondary N) is 1. The van der Waals surface area contributed by atoms with Gasteiger partial charge in [-0.3, -0.25) is 19.0 Å². The van der Waals surface area contributed by atoms with Crippen LogP contribution in [0.25, 0.3) is 10.2 Å². The average molecular weight is 429 g/mol. The molecule has 30 heavy (non-hydrogen) atoms. The zero-order chi connectivity index (χ0) is 21.8. The van der Waals surface area contributed by atoms with Crippen molar-refractivity contribution in [1.82, 2.24) is 9.55 Å². The monoisotopic (exact) mass is 429 g/mol. The fourth-order valence-corrected chi connectivity index (χ4v) is 4.32. The van der Waals surface area contributed by atoms with E-state index >= 15 is 0 Å². The summed E-state index contributed by atoms with van der Waals surface area (Å²) in [4.78, 5) is 42.8. The summed E-state index contributed by atoms with van der Waals surface area (Å²) in [6.45, 7) is 3.83. The molecule has 8 nitrogen and oxygen atoms in total. The van der Waals surface area contributed by atoms with Crippen molar-refractivity contribution in [2.75, 3.05) is 19.5 Å². The first-order valence-electron chi connectivity index (χ1n) is 9.39. The number of carbonyl (C=O) groups is 2. The molecule has 2 aromatic heterocycles. The largest absolute Gasteiger partial charge is 0.495 e. The van der Waals surface area contributed by atoms with E-state index in [0.717, 1.165) is 0 Å². The van der Waals surface area contributed by atoms with Crippen molar-refractivity contribution < 1.29 is 19.1 Å². The third-order valence-electron chi connectivity index (χ3n) is 4.79. The second kappa shape index (κ2) is 9.08. The number of nitrogens with zero attached hydrogens (tertiary/aromatic N) is 2. The predicted octanol–water partition coefficient (Wildman–Crippen LogP) is 3.29. The number of hydrogen-bond donors (Lipinski definition) is 1. The van der Waals surface area contributed by atoms with E-state index in [9.17, 15) is 14.4 Å². The van der Waals surface area contributed by atoms with Crippen molar-refractivity contribution in [2.24, 2.45) is 0 Å². The number of para-hydroxylation sites is 2. The lowest BCUT2D eigenvalue weighted by molar-refractivity contribution is -0.140. The van der Waals surface area contributed by atoms with Gasteiger partial charge in [-0.1, -0.05) is 12.1 Å². The van der Waals surface area contributed by atoms with Crippen LogP contribution in [0.4, 0.5) is 5.69 Å². The van der Waals surface area contributed by atoms with Crippen LogP contribution in [0.15, 0.2) is 29.1 Å². The number of esters is 1. The predicted molar refractivity (Wildman–Crippen MR) is 116 cm³/mol. The highest BCUT2D eigenvalue weighted by molar-refractivity contribution is 7.20. The summed E-state index contributed by atoms with van der Waals surface area (Å²) in [5.41, 5.74) is 0.917. The Balaban J connectivity index is 1.93. The number of hydrogen-bond acceptors (Lipinski definition) is 7. The number of aromatic nitrogens is 2. The van der Waals surface area contributed by atoms with Crippen LogP contribution in [0, 0.1) is 13.8 Å². The minimum atomic E-state index is -0.325. The van der Waals surface area contributed by atoms with Gasteiger partial charge in [-0.15, -0.1) is 11.3 Å². The number of thiophene rings is 1. The molecule has 3 rings (SSSR count). The zero-order valence-corrected chi connectivity index (χ0v) is 18.1. The molecule has 0 bridgehead atoms. The maximum Gasteiger partial charge on any atom is 0.305 e. The third kappa shape index (κ3) is 4.20. The lowest BCUT2D eigenvalue weighted by Crippen LogP contribution is -2.24. The molecule has 0 aliphatic heterocycles. The van der Waals surface area contributed by atoms with Crippen LogP contribution >= 0.6 is 11.3 Å². The van der Waals surface area contributed by atoms with Crippen LogP contribution in [-0.2, 0) is 16.1 Å². The minimum Gasteiger partial charge on any atom is -0.495 e. The smallest absolute Gasteiger partial charge is 0.305 e. The Labute approximate surface area is 177 Å². The van der Waals surface area contributed by atoms with E-state index in [1.54, 1.807) is 32.0 Å². The van der Waals surface area contributed by atoms with E-state index in [1.807, 2.05) is 6.07 Å². The first kappa shape index (κ1) is 21.5. The quantitative estimate of drug-likeness (QED) is 0.579. The summed E-state index contributed by atoms with van der Waals surface area (Å²) in [5, 5.41) is 3.26. The minimum absolute atomic E-state index is 0.215. The van der Waals surface area contributed by atoms with Crippen LogP contribution in [0.1, 0.15) is 33.9 Å². The number of rotatable bonds is 7. The summed E-state index contributed by atoms with van der Waals surface area (Å²) in [6.07, 6.45) is 0.681. The van der Waals surface area contributed by atoms with E-state index in [4.69, 9.17) is 4.74 Å². The Bertz CT molecular complexity index is 1170. The Morgan fingerprint density at radius 1 is 1.20 bits per heavy atom. The van der Waals surface area contributed by atoms with Gasteiger partial charge in [-0.05, 0) is 38.0 Å². The van der Waals surface area contributed by atoms with E-state index in [2.05, 4.69) is 15.0 Å². The van der Waals surface area contributed by atoms with Gasteiger partial charge in [0.1, 0.15) is 16.4 Å². The molecule has 0 saturated carbocycles. The molecular weight excluding hydrogens is 406 g/mol. The number of anilines is 1. The van der Waals surface area contributed by atoms with Crippen molar-refractivity contribution >= 4 is 39.1 Å². The number of carbonyl (C=O) groups excluding carboxylic acids is 2. The summed E-state index contributed by atoms with van der Waals surface area (Å²) >= 11 is 1.18. The van der Waals surface area contributed by atoms with E-state index in [1.165, 1.54) is 30.1 Å². The van der Waals surface area contributed by atoms with Crippen LogP contribution in [0.2, 0.25) is 0 Å². The van der Waals surface area contributed by atoms with Gasteiger partial charge < -0.3 is 14.8 Å². The molecule has 0 atom stereocenters. The Morgan fingerprint density at radius 3 is 2.63 bits per heavy atom. The van der Waals surface area contributed by atoms with Crippen LogP contribution in [0.3, 0.4) is 0 Å². The molecule has 0 spiro atoms. The topological polar surface area (TPSA) is 99.5 Å². The first-order valence-corrected chi connectivity index (χ1v) is 10.2. The number of aryl methyl sites for hydroxylation is 2. The van der Waals surface area contributed by atoms with Crippen molar-refractivity contribution in [3.05, 3.63) is 50.9 Å². The van der Waals surface area contributed by atoms with Crippen molar-refractivity contribution in [1.29, 1.82) is 0 Å². The van der Waals surface area contributed by atoms with Crippen LogP contribution < -0.4 is 15.6 Å². The average Bonchev–Trinajstić information content (AvgIpc) is 3.06. The lowest BCUT2D eigenvalue weighted by atomic mass is 10.2. The molecule has 158 valence electrons. The van der Waals surface area contributed by atoms with Gasteiger partial charge in [-0.2, -0.15) is 0 Å². The molecule has 3 aromatic rings. The summed E-state index contributed by atoms with van der Waals surface area (Å²) in [7, 11) is 2.87. The normalized spacial score (nSPS) is 10.8. The molecule has 2 heterocycles. The summed E-state index contributed by atoms with van der Waals surface area (Å²) in [6, 6.07) is 7.11. The summed E-state index contributed by atoms with van der Waals surface area (Å²) < 4.78 is 11.4. The molecule has 0 aliphatic carbocycles. The van der Waals surface area contributed by atoms with Crippen LogP contribution in [0.5, 0.6) is 5.75 Å². The SMILES string of the molecule is COC(=O)CCCn1c(C)nc2sc(C(=O)Nc3ccccc3OC)c(C)c2c1=O. The molecule has 0 unspecified atom stereocenters. The number of amides is 1. The van der Waals surface area contributed by atoms with Gasteiger partial charge in [-0.25, -0.2) is 4.98 Å². The zero-order valence-electron chi connectivity index (χ0n) is 17.3. The number of benzene rings is 1. The molecule has 1 aromatic carbocycles. The van der Waals surface area contributed by atoms with Crippen molar-refractivity contribution in [3.63, 3.8) is 0 Å². The molecule has 0 aliphatic rings. The Kier molecular flexibility index (Phi) is 6.51. The number of methoxy groups -OCH3 is 2. The molecule has 0 saturated heterocycles. The maximum atomic E-state index is 13.1. The van der Waals surface area contributed by atoms with Crippen LogP contribution in [-0.4, -0.2) is 35.6 Å². The van der Waals surface area contributed by atoms with Gasteiger partial charge in [0, 0.05) is 13.0 Å². The maximum absolute atomic E-state index is 13.1. The fourth-order valence-electron chi connectivity index (χ4n) is 3.21. The Hall–Kier alpha value is -3.20. The highest BCUT2D eigenvalue weighted by atomic mass is 32.1. The van der Waals surface area contributed by atoms with E-state index in [0.29, 0.717) is 50.9 Å². The highest BCUT2D eigenvalue weighted by Crippen LogP contribution is 2.30. The van der Waals surface area contributed by atoms with Crippen molar-refractivity contribution in [3.8, 4) is 5.75 Å². The van der Waals surface area contributed by atoms with Crippen molar-refractivity contribution in [2.45, 2.75) is 33.2 Å². The standard InChI is InChI=1S/C21H23N3O5S/c1-12-17-20(22-13(2)24(21(17)27)11-7-10-16(25)29-4)30-18(12)19(26)23-14-8-5-6-9-15(14)28-3/h5-6,8-9H,7,10-11H2,1-4H3,(H,23,26). The number of ether oxygens (including phenoxy) is 2. The van der Waals surface area contributed by atoms with Gasteiger partial charge in [0.15, 0.2) is 0 Å². The van der Waals surface area contributed by atoms with Gasteiger partial charge >= 0.3 is 5.97 Å². The van der Waals surface area contributed by atoms with E-state index in [-0.39, 0.29) is 23.9 Å². The second-order valence-electron chi connectivity index (χ2n) is 6.69. The lowest BCUT2D eigenvalue weighted by Gasteiger charge is -2.09. The Morgan fingerprint density at radius 2 is 1.93 bits per heavy atom.